The molecule has 23 heavy (non-hydrogen) atoms. The minimum absolute atomic E-state index is 0.0448. The van der Waals surface area contributed by atoms with E-state index in [0.717, 1.165) is 31.2 Å². The number of benzene rings is 1. The molecule has 0 saturated heterocycles. The van der Waals surface area contributed by atoms with Gasteiger partial charge in [0, 0.05) is 6.20 Å². The number of hydrogen-bond acceptors (Lipinski definition) is 4. The maximum absolute atomic E-state index is 12.2. The molecule has 4 heteroatoms. The Labute approximate surface area is 136 Å². The highest BCUT2D eigenvalue weighted by atomic mass is 16.6. The van der Waals surface area contributed by atoms with Crippen molar-refractivity contribution < 1.29 is 14.3 Å². The fraction of sp³-hybridized carbons (Fsp3) is 0.368. The van der Waals surface area contributed by atoms with Crippen molar-refractivity contribution in [2.24, 2.45) is 0 Å². The van der Waals surface area contributed by atoms with Crippen molar-refractivity contribution >= 4 is 5.97 Å². The first kappa shape index (κ1) is 15.7. The number of hydrogen-bond donors (Lipinski definition) is 0. The molecule has 1 fully saturated rings. The molecule has 1 aromatic heterocycles. The van der Waals surface area contributed by atoms with Crippen LogP contribution in [0.5, 0.6) is 0 Å². The van der Waals surface area contributed by atoms with Crippen LogP contribution >= 0.6 is 0 Å². The van der Waals surface area contributed by atoms with Crippen LogP contribution in [-0.2, 0) is 16.1 Å². The van der Waals surface area contributed by atoms with E-state index in [1.807, 2.05) is 30.3 Å². The van der Waals surface area contributed by atoms with Crippen molar-refractivity contribution in [2.75, 3.05) is 0 Å². The molecule has 1 heterocycles. The van der Waals surface area contributed by atoms with E-state index < -0.39 is 0 Å². The Morgan fingerprint density at radius 1 is 1.00 bits per heavy atom. The van der Waals surface area contributed by atoms with E-state index in [1.165, 1.54) is 0 Å². The second-order valence-electron chi connectivity index (χ2n) is 5.78. The summed E-state index contributed by atoms with van der Waals surface area (Å²) in [6.07, 6.45) is 5.30. The van der Waals surface area contributed by atoms with Gasteiger partial charge in [-0.1, -0.05) is 42.8 Å². The quantitative estimate of drug-likeness (QED) is 0.789. The normalized spacial score (nSPS) is 20.9. The monoisotopic (exact) mass is 311 g/mol. The summed E-state index contributed by atoms with van der Waals surface area (Å²) in [7, 11) is 0. The van der Waals surface area contributed by atoms with Crippen LogP contribution < -0.4 is 0 Å². The van der Waals surface area contributed by atoms with Gasteiger partial charge in [-0.15, -0.1) is 0 Å². The molecule has 0 amide bonds. The number of esters is 1. The maximum atomic E-state index is 12.2. The first-order valence-corrected chi connectivity index (χ1v) is 8.10. The highest BCUT2D eigenvalue weighted by Gasteiger charge is 2.29. The number of aromatic nitrogens is 1. The van der Waals surface area contributed by atoms with E-state index in [2.05, 4.69) is 4.98 Å². The van der Waals surface area contributed by atoms with E-state index in [0.29, 0.717) is 12.3 Å². The van der Waals surface area contributed by atoms with Crippen molar-refractivity contribution in [2.45, 2.75) is 44.5 Å². The summed E-state index contributed by atoms with van der Waals surface area (Å²) in [6, 6.07) is 15.3. The lowest BCUT2D eigenvalue weighted by atomic mass is 9.94. The van der Waals surface area contributed by atoms with Crippen LogP contribution in [0.3, 0.4) is 0 Å². The summed E-state index contributed by atoms with van der Waals surface area (Å²) >= 11 is 0. The lowest BCUT2D eigenvalue weighted by Crippen LogP contribution is -2.36. The van der Waals surface area contributed by atoms with Gasteiger partial charge >= 0.3 is 5.97 Å². The van der Waals surface area contributed by atoms with Crippen LogP contribution in [0.4, 0.5) is 0 Å². The van der Waals surface area contributed by atoms with Crippen LogP contribution in [0, 0.1) is 0 Å². The molecule has 120 valence electrons. The zero-order valence-corrected chi connectivity index (χ0v) is 13.1. The third-order valence-corrected chi connectivity index (χ3v) is 4.08. The summed E-state index contributed by atoms with van der Waals surface area (Å²) in [5, 5.41) is 0. The molecule has 1 saturated carbocycles. The lowest BCUT2D eigenvalue weighted by Gasteiger charge is -2.31. The molecule has 2 aromatic rings. The van der Waals surface area contributed by atoms with Gasteiger partial charge in [-0.2, -0.15) is 0 Å². The number of carbonyl (C=O) groups is 1. The molecule has 0 bridgehead atoms. The van der Waals surface area contributed by atoms with Crippen LogP contribution in [0.1, 0.15) is 41.7 Å². The zero-order chi connectivity index (χ0) is 15.9. The molecule has 3 rings (SSSR count). The second-order valence-corrected chi connectivity index (χ2v) is 5.78. The Kier molecular flexibility index (Phi) is 5.37. The summed E-state index contributed by atoms with van der Waals surface area (Å²) < 4.78 is 11.7. The minimum atomic E-state index is -0.370. The van der Waals surface area contributed by atoms with Crippen molar-refractivity contribution in [3.8, 4) is 0 Å². The fourth-order valence-corrected chi connectivity index (χ4v) is 2.85. The van der Waals surface area contributed by atoms with Gasteiger partial charge in [0.25, 0.3) is 0 Å². The Hall–Kier alpha value is -2.20. The molecular formula is C19H21NO3. The first-order chi connectivity index (χ1) is 11.3. The Bertz CT molecular complexity index is 615. The van der Waals surface area contributed by atoms with Crippen molar-refractivity contribution in [1.29, 1.82) is 0 Å². The SMILES string of the molecule is O=C(O[C@@H]1CCCC[C@H]1OCc1ccccc1)c1ccccn1. The highest BCUT2D eigenvalue weighted by molar-refractivity contribution is 5.87. The third kappa shape index (κ3) is 4.39. The van der Waals surface area contributed by atoms with Gasteiger partial charge in [0.2, 0.25) is 0 Å². The number of pyridine rings is 1. The molecule has 0 N–H and O–H groups in total. The van der Waals surface area contributed by atoms with Crippen LogP contribution in [0.2, 0.25) is 0 Å². The van der Waals surface area contributed by atoms with Gasteiger partial charge < -0.3 is 9.47 Å². The highest BCUT2D eigenvalue weighted by Crippen LogP contribution is 2.25. The van der Waals surface area contributed by atoms with Gasteiger partial charge in [-0.25, -0.2) is 9.78 Å². The lowest BCUT2D eigenvalue weighted by molar-refractivity contribution is -0.0772. The van der Waals surface area contributed by atoms with Gasteiger partial charge in [0.1, 0.15) is 11.8 Å². The fourth-order valence-electron chi connectivity index (χ4n) is 2.85. The molecule has 0 aliphatic heterocycles. The predicted molar refractivity (Wildman–Crippen MR) is 86.9 cm³/mol. The molecule has 0 unspecified atom stereocenters. The van der Waals surface area contributed by atoms with Gasteiger partial charge in [-0.05, 0) is 37.0 Å². The van der Waals surface area contributed by atoms with Crippen LogP contribution in [-0.4, -0.2) is 23.2 Å². The van der Waals surface area contributed by atoms with E-state index in [4.69, 9.17) is 9.47 Å². The van der Waals surface area contributed by atoms with Crippen molar-refractivity contribution in [3.63, 3.8) is 0 Å². The smallest absolute Gasteiger partial charge is 0.357 e. The van der Waals surface area contributed by atoms with E-state index >= 15 is 0 Å². The molecule has 0 radical (unpaired) electrons. The zero-order valence-electron chi connectivity index (χ0n) is 13.1. The number of ether oxygens (including phenoxy) is 2. The topological polar surface area (TPSA) is 48.4 Å². The van der Waals surface area contributed by atoms with E-state index in [1.54, 1.807) is 24.4 Å². The maximum Gasteiger partial charge on any atom is 0.357 e. The van der Waals surface area contributed by atoms with Crippen molar-refractivity contribution in [3.05, 3.63) is 66.0 Å². The van der Waals surface area contributed by atoms with E-state index in [9.17, 15) is 4.79 Å². The second kappa shape index (κ2) is 7.88. The minimum Gasteiger partial charge on any atom is -0.455 e. The molecular weight excluding hydrogens is 290 g/mol. The summed E-state index contributed by atoms with van der Waals surface area (Å²) in [4.78, 5) is 16.2. The van der Waals surface area contributed by atoms with Gasteiger partial charge in [0.05, 0.1) is 12.7 Å². The van der Waals surface area contributed by atoms with Crippen LogP contribution in [0.15, 0.2) is 54.7 Å². The van der Waals surface area contributed by atoms with E-state index in [-0.39, 0.29) is 18.2 Å². The summed E-state index contributed by atoms with van der Waals surface area (Å²) in [5.41, 5.74) is 1.48. The third-order valence-electron chi connectivity index (χ3n) is 4.08. The van der Waals surface area contributed by atoms with Gasteiger partial charge in [0.15, 0.2) is 0 Å². The Morgan fingerprint density at radius 3 is 2.48 bits per heavy atom. The summed E-state index contributed by atoms with van der Waals surface area (Å²) in [5.74, 6) is -0.370. The molecule has 4 nitrogen and oxygen atoms in total. The molecule has 0 spiro atoms. The molecule has 1 aliphatic carbocycles. The van der Waals surface area contributed by atoms with Crippen LogP contribution in [0.25, 0.3) is 0 Å². The Morgan fingerprint density at radius 2 is 1.74 bits per heavy atom. The molecule has 2 atom stereocenters. The average Bonchev–Trinajstić information content (AvgIpc) is 2.62. The number of rotatable bonds is 5. The van der Waals surface area contributed by atoms with Crippen molar-refractivity contribution in [1.82, 2.24) is 4.98 Å². The summed E-state index contributed by atoms with van der Waals surface area (Å²) in [6.45, 7) is 0.545. The standard InChI is InChI=1S/C19H21NO3/c21-19(16-10-6-7-13-20-16)23-18-12-5-4-11-17(18)22-14-15-8-2-1-3-9-15/h1-3,6-10,13,17-18H,4-5,11-12,14H2/t17-,18-/m1/s1. The Balaban J connectivity index is 1.59. The average molecular weight is 311 g/mol. The predicted octanol–water partition coefficient (Wildman–Crippen LogP) is 3.77. The largest absolute Gasteiger partial charge is 0.455 e. The first-order valence-electron chi connectivity index (χ1n) is 8.10. The molecule has 1 aliphatic rings. The molecule has 1 aromatic carbocycles. The number of nitrogens with zero attached hydrogens (tertiary/aromatic N) is 1. The van der Waals surface area contributed by atoms with Gasteiger partial charge in [-0.3, -0.25) is 0 Å². The number of carbonyl (C=O) groups excluding carboxylic acids is 1.